The molecule has 0 spiro atoms. The van der Waals surface area contributed by atoms with Gasteiger partial charge in [-0.15, -0.1) is 5.10 Å². The molecule has 0 saturated carbocycles. The Kier molecular flexibility index (Phi) is 7.55. The molecule has 1 aliphatic rings. The lowest BCUT2D eigenvalue weighted by molar-refractivity contribution is -0.116. The topological polar surface area (TPSA) is 130 Å². The van der Waals surface area contributed by atoms with Crippen molar-refractivity contribution in [1.82, 2.24) is 30.2 Å². The lowest BCUT2D eigenvalue weighted by Gasteiger charge is -2.15. The summed E-state index contributed by atoms with van der Waals surface area (Å²) in [6.07, 6.45) is 10.6. The molecule has 5 rings (SSSR count). The average Bonchev–Trinajstić information content (AvgIpc) is 3.57. The Labute approximate surface area is 222 Å². The third-order valence-corrected chi connectivity index (χ3v) is 6.34. The summed E-state index contributed by atoms with van der Waals surface area (Å²) in [6.45, 7) is 0. The van der Waals surface area contributed by atoms with Crippen LogP contribution in [0.25, 0.3) is 23.0 Å². The number of benzene rings is 2. The number of nitrogens with zero attached hydrogens (tertiary/aromatic N) is 5. The van der Waals surface area contributed by atoms with E-state index >= 15 is 0 Å². The van der Waals surface area contributed by atoms with Crippen LogP contribution in [0, 0.1) is 5.82 Å². The highest BCUT2D eigenvalue weighted by atomic mass is 35.5. The molecule has 1 aliphatic heterocycles. The predicted octanol–water partition coefficient (Wildman–Crippen LogP) is 4.94. The van der Waals surface area contributed by atoms with Crippen molar-refractivity contribution in [3.8, 4) is 16.9 Å². The number of aromatic amines is 1. The molecule has 0 radical (unpaired) electrons. The minimum absolute atomic E-state index is 0.187. The van der Waals surface area contributed by atoms with E-state index in [1.54, 1.807) is 30.5 Å². The molecule has 0 fully saturated rings. The lowest BCUT2D eigenvalue weighted by Crippen LogP contribution is -2.15. The van der Waals surface area contributed by atoms with Crippen molar-refractivity contribution in [2.45, 2.75) is 38.5 Å². The molecule has 10 nitrogen and oxygen atoms in total. The summed E-state index contributed by atoms with van der Waals surface area (Å²) in [4.78, 5) is 33.3. The lowest BCUT2D eigenvalue weighted by atomic mass is 10.1. The Morgan fingerprint density at radius 3 is 2.79 bits per heavy atom. The summed E-state index contributed by atoms with van der Waals surface area (Å²) in [5.41, 5.74) is 2.64. The smallest absolute Gasteiger partial charge is 0.248 e. The molecule has 2 bridgehead atoms. The van der Waals surface area contributed by atoms with Gasteiger partial charge in [0.15, 0.2) is 0 Å². The Bertz CT molecular complexity index is 1500. The van der Waals surface area contributed by atoms with Crippen LogP contribution in [0.2, 0.25) is 5.02 Å². The van der Waals surface area contributed by atoms with Gasteiger partial charge in [0.25, 0.3) is 0 Å². The average molecular weight is 535 g/mol. The third-order valence-electron chi connectivity index (χ3n) is 6.10. The number of anilines is 2. The highest BCUT2D eigenvalue weighted by molar-refractivity contribution is 6.30. The maximum absolute atomic E-state index is 14.7. The maximum Gasteiger partial charge on any atom is 0.248 e. The number of fused-ring (bicyclic) bond motifs is 4. The first-order valence-corrected chi connectivity index (χ1v) is 12.5. The number of amides is 2. The standard InChI is InChI=1S/C26H24ClFN8O2/c27-17-8-9-22(36-15-30-34-35-36)16(11-17)7-10-25(38)33-20-13-18(28)12-19-26(20)21-14-29-23(31-21)5-3-1-2-4-6-24(37)32-19/h7-15H,1-6H2,(H,29,31)(H,32,37)(H,33,38). The summed E-state index contributed by atoms with van der Waals surface area (Å²) in [5, 5.41) is 17.2. The first kappa shape index (κ1) is 25.3. The van der Waals surface area contributed by atoms with Gasteiger partial charge < -0.3 is 15.6 Å². The van der Waals surface area contributed by atoms with Crippen molar-refractivity contribution in [2.75, 3.05) is 10.6 Å². The first-order valence-electron chi connectivity index (χ1n) is 12.2. The van der Waals surface area contributed by atoms with Gasteiger partial charge in [-0.2, -0.15) is 4.68 Å². The number of halogens is 2. The third kappa shape index (κ3) is 5.94. The van der Waals surface area contributed by atoms with Gasteiger partial charge in [0.1, 0.15) is 18.0 Å². The minimum atomic E-state index is -0.608. The van der Waals surface area contributed by atoms with Gasteiger partial charge in [-0.3, -0.25) is 9.59 Å². The molecule has 2 aromatic carbocycles. The first-order chi connectivity index (χ1) is 18.5. The van der Waals surface area contributed by atoms with Gasteiger partial charge in [-0.1, -0.05) is 24.4 Å². The van der Waals surface area contributed by atoms with Gasteiger partial charge >= 0.3 is 0 Å². The zero-order valence-electron chi connectivity index (χ0n) is 20.2. The summed E-state index contributed by atoms with van der Waals surface area (Å²) in [6, 6.07) is 7.53. The maximum atomic E-state index is 14.7. The molecule has 0 aliphatic carbocycles. The number of H-pyrrole nitrogens is 1. The van der Waals surface area contributed by atoms with Crippen LogP contribution in [0.5, 0.6) is 0 Å². The Morgan fingerprint density at radius 2 is 1.97 bits per heavy atom. The van der Waals surface area contributed by atoms with Gasteiger partial charge in [0, 0.05) is 35.1 Å². The number of hydrogen-bond acceptors (Lipinski definition) is 6. The number of nitrogens with one attached hydrogen (secondary N) is 3. The number of aryl methyl sites for hydroxylation is 1. The van der Waals surface area contributed by atoms with Crippen LogP contribution in [-0.4, -0.2) is 42.0 Å². The van der Waals surface area contributed by atoms with Crippen LogP contribution in [0.15, 0.2) is 48.9 Å². The van der Waals surface area contributed by atoms with Gasteiger partial charge in [-0.25, -0.2) is 9.37 Å². The second-order valence-corrected chi connectivity index (χ2v) is 9.30. The summed E-state index contributed by atoms with van der Waals surface area (Å²) in [5.74, 6) is -0.559. The number of carbonyl (C=O) groups is 2. The van der Waals surface area contributed by atoms with E-state index < -0.39 is 11.7 Å². The molecule has 12 heteroatoms. The van der Waals surface area contributed by atoms with Crippen molar-refractivity contribution >= 4 is 40.9 Å². The fourth-order valence-electron chi connectivity index (χ4n) is 4.33. The Balaban J connectivity index is 1.48. The number of rotatable bonds is 4. The molecule has 0 unspecified atom stereocenters. The number of tetrazole rings is 1. The van der Waals surface area contributed by atoms with Crippen molar-refractivity contribution in [2.24, 2.45) is 0 Å². The van der Waals surface area contributed by atoms with E-state index in [1.807, 2.05) is 0 Å². The molecular weight excluding hydrogens is 511 g/mol. The van der Waals surface area contributed by atoms with E-state index in [0.29, 0.717) is 34.0 Å². The second-order valence-electron chi connectivity index (χ2n) is 8.86. The number of carbonyl (C=O) groups excluding carboxylic acids is 2. The number of aromatic nitrogens is 6. The molecule has 2 amide bonds. The van der Waals surface area contributed by atoms with Crippen molar-refractivity contribution in [3.63, 3.8) is 0 Å². The minimum Gasteiger partial charge on any atom is -0.342 e. The fourth-order valence-corrected chi connectivity index (χ4v) is 4.51. The van der Waals surface area contributed by atoms with Crippen LogP contribution in [0.4, 0.5) is 15.8 Å². The normalized spacial score (nSPS) is 14.2. The van der Waals surface area contributed by atoms with Crippen LogP contribution in [-0.2, 0) is 16.0 Å². The summed E-state index contributed by atoms with van der Waals surface area (Å²) in [7, 11) is 0. The van der Waals surface area contributed by atoms with E-state index in [9.17, 15) is 14.0 Å². The Morgan fingerprint density at radius 1 is 1.13 bits per heavy atom. The largest absolute Gasteiger partial charge is 0.342 e. The number of hydrogen-bond donors (Lipinski definition) is 3. The van der Waals surface area contributed by atoms with E-state index in [-0.39, 0.29) is 17.3 Å². The highest BCUT2D eigenvalue weighted by Gasteiger charge is 2.19. The van der Waals surface area contributed by atoms with Crippen LogP contribution < -0.4 is 10.6 Å². The fraction of sp³-hybridized carbons (Fsp3) is 0.231. The molecule has 0 saturated heterocycles. The molecule has 38 heavy (non-hydrogen) atoms. The Hall–Kier alpha value is -4.38. The van der Waals surface area contributed by atoms with Crippen molar-refractivity contribution in [1.29, 1.82) is 0 Å². The van der Waals surface area contributed by atoms with Crippen molar-refractivity contribution < 1.29 is 14.0 Å². The van der Waals surface area contributed by atoms with Gasteiger partial charge in [0.2, 0.25) is 11.8 Å². The van der Waals surface area contributed by atoms with Crippen LogP contribution >= 0.6 is 11.6 Å². The summed E-state index contributed by atoms with van der Waals surface area (Å²) < 4.78 is 16.1. The number of imidazole rings is 1. The predicted molar refractivity (Wildman–Crippen MR) is 141 cm³/mol. The molecule has 0 atom stereocenters. The molecule has 3 N–H and O–H groups in total. The second kappa shape index (κ2) is 11.3. The molecule has 4 aromatic rings. The van der Waals surface area contributed by atoms with Crippen LogP contribution in [0.1, 0.15) is 43.5 Å². The van der Waals surface area contributed by atoms with Crippen molar-refractivity contribution in [3.05, 3.63) is 71.2 Å². The molecule has 3 heterocycles. The molecular formula is C26H24ClFN8O2. The van der Waals surface area contributed by atoms with E-state index in [0.717, 1.165) is 37.9 Å². The SMILES string of the molecule is O=C(C=Cc1cc(Cl)ccc1-n1cnnn1)Nc1cc(F)cc2c1-c1cnc([nH]1)CCCCCCC(=O)N2. The van der Waals surface area contributed by atoms with E-state index in [1.165, 1.54) is 29.2 Å². The van der Waals surface area contributed by atoms with Gasteiger partial charge in [-0.05, 0) is 59.7 Å². The summed E-state index contributed by atoms with van der Waals surface area (Å²) >= 11 is 6.16. The quantitative estimate of drug-likeness (QED) is 0.318. The highest BCUT2D eigenvalue weighted by Crippen LogP contribution is 2.36. The molecule has 2 aromatic heterocycles. The zero-order valence-corrected chi connectivity index (χ0v) is 21.0. The van der Waals surface area contributed by atoms with E-state index in [4.69, 9.17) is 11.6 Å². The van der Waals surface area contributed by atoms with Gasteiger partial charge in [0.05, 0.1) is 29.0 Å². The molecule has 194 valence electrons. The zero-order chi connectivity index (χ0) is 26.5. The van der Waals surface area contributed by atoms with Crippen LogP contribution in [0.3, 0.4) is 0 Å². The monoisotopic (exact) mass is 534 g/mol. The van der Waals surface area contributed by atoms with E-state index in [2.05, 4.69) is 36.1 Å².